The number of rotatable bonds is 3. The molecule has 0 unspecified atom stereocenters. The van der Waals surface area contributed by atoms with Gasteiger partial charge >= 0.3 is 0 Å². The van der Waals surface area contributed by atoms with E-state index in [1.165, 1.54) is 12.8 Å². The highest BCUT2D eigenvalue weighted by Gasteiger charge is 2.13. The van der Waals surface area contributed by atoms with Crippen molar-refractivity contribution in [2.24, 2.45) is 0 Å². The highest BCUT2D eigenvalue weighted by atomic mass is 15.1. The molecule has 0 radical (unpaired) electrons. The number of nitriles is 1. The summed E-state index contributed by atoms with van der Waals surface area (Å²) in [5, 5.41) is 18.0. The van der Waals surface area contributed by atoms with Crippen molar-refractivity contribution in [2.45, 2.75) is 32.2 Å². The summed E-state index contributed by atoms with van der Waals surface area (Å²) in [4.78, 5) is 8.87. The Kier molecular flexibility index (Phi) is 3.98. The number of aromatic nitrogens is 2. The highest BCUT2D eigenvalue weighted by Crippen LogP contribution is 2.22. The molecule has 1 aliphatic rings. The van der Waals surface area contributed by atoms with Crippen LogP contribution in [0.1, 0.15) is 31.2 Å². The van der Waals surface area contributed by atoms with Gasteiger partial charge in [-0.15, -0.1) is 0 Å². The number of piperidine rings is 1. The van der Waals surface area contributed by atoms with E-state index >= 15 is 0 Å². The maximum absolute atomic E-state index is 9.04. The second-order valence-electron chi connectivity index (χ2n) is 5.40. The Morgan fingerprint density at radius 1 is 1.48 bits per heavy atom. The summed E-state index contributed by atoms with van der Waals surface area (Å²) >= 11 is 0. The highest BCUT2D eigenvalue weighted by molar-refractivity contribution is 5.86. The molecule has 1 saturated heterocycles. The molecule has 5 heteroatoms. The second-order valence-corrected chi connectivity index (χ2v) is 5.40. The zero-order valence-corrected chi connectivity index (χ0v) is 12.2. The molecule has 21 heavy (non-hydrogen) atoms. The third kappa shape index (κ3) is 2.96. The van der Waals surface area contributed by atoms with Crippen molar-refractivity contribution in [1.29, 1.82) is 5.26 Å². The van der Waals surface area contributed by atoms with Gasteiger partial charge in [0, 0.05) is 35.2 Å². The molecule has 5 nitrogen and oxygen atoms in total. The molecule has 3 heterocycles. The largest absolute Gasteiger partial charge is 0.366 e. The summed E-state index contributed by atoms with van der Waals surface area (Å²) in [5.41, 5.74) is 1.41. The van der Waals surface area contributed by atoms with Crippen LogP contribution in [0.5, 0.6) is 0 Å². The molecule has 0 saturated carbocycles. The van der Waals surface area contributed by atoms with E-state index in [-0.39, 0.29) is 0 Å². The fourth-order valence-corrected chi connectivity index (χ4v) is 2.81. The first-order valence-corrected chi connectivity index (χ1v) is 7.47. The van der Waals surface area contributed by atoms with Gasteiger partial charge in [0.2, 0.25) is 0 Å². The lowest BCUT2D eigenvalue weighted by Gasteiger charge is -2.24. The van der Waals surface area contributed by atoms with Gasteiger partial charge in [-0.3, -0.25) is 0 Å². The van der Waals surface area contributed by atoms with Crippen LogP contribution in [0.25, 0.3) is 10.8 Å². The number of hydrogen-bond donors (Lipinski definition) is 2. The number of nitrogens with one attached hydrogen (secondary N) is 2. The Bertz CT molecular complexity index is 683. The predicted molar refractivity (Wildman–Crippen MR) is 83.1 cm³/mol. The number of pyridine rings is 2. The molecule has 1 atom stereocenters. The lowest BCUT2D eigenvalue weighted by atomic mass is 10.1. The molecule has 1 fully saturated rings. The Labute approximate surface area is 124 Å². The van der Waals surface area contributed by atoms with Gasteiger partial charge in [0.05, 0.1) is 0 Å². The maximum Gasteiger partial charge on any atom is 0.141 e. The molecular formula is C16H19N5. The molecule has 2 N–H and O–H groups in total. The molecule has 2 aromatic heterocycles. The van der Waals surface area contributed by atoms with Crippen molar-refractivity contribution in [3.05, 3.63) is 29.7 Å². The summed E-state index contributed by atoms with van der Waals surface area (Å²) in [5.74, 6) is 0.886. The van der Waals surface area contributed by atoms with Crippen molar-refractivity contribution in [3.8, 4) is 6.07 Å². The smallest absolute Gasteiger partial charge is 0.141 e. The first kappa shape index (κ1) is 13.8. The standard InChI is InChI=1S/C16H19N5/c1-2-15-14-7-16(21-12-4-3-5-18-10-12)19-9-11(14)6-13(8-17)20-15/h6-7,9,12,18H,2-5,10H2,1H3,(H,19,21)/t12-/m0/s1. The minimum Gasteiger partial charge on any atom is -0.366 e. The number of nitrogens with zero attached hydrogens (tertiary/aromatic N) is 3. The van der Waals surface area contributed by atoms with Crippen LogP contribution in [0, 0.1) is 11.3 Å². The van der Waals surface area contributed by atoms with Crippen LogP contribution in [0.15, 0.2) is 18.3 Å². The normalized spacial score (nSPS) is 18.4. The van der Waals surface area contributed by atoms with E-state index in [4.69, 9.17) is 5.26 Å². The molecule has 108 valence electrons. The lowest BCUT2D eigenvalue weighted by molar-refractivity contribution is 0.479. The second kappa shape index (κ2) is 6.06. The van der Waals surface area contributed by atoms with Gasteiger partial charge in [-0.25, -0.2) is 9.97 Å². The average Bonchev–Trinajstić information content (AvgIpc) is 2.54. The van der Waals surface area contributed by atoms with Crippen molar-refractivity contribution in [1.82, 2.24) is 15.3 Å². The third-order valence-corrected chi connectivity index (χ3v) is 3.89. The van der Waals surface area contributed by atoms with Gasteiger partial charge in [-0.05, 0) is 37.9 Å². The molecule has 2 aromatic rings. The summed E-state index contributed by atoms with van der Waals surface area (Å²) in [6.07, 6.45) is 4.99. The minimum atomic E-state index is 0.431. The Morgan fingerprint density at radius 2 is 2.38 bits per heavy atom. The van der Waals surface area contributed by atoms with Crippen LogP contribution >= 0.6 is 0 Å². The van der Waals surface area contributed by atoms with E-state index < -0.39 is 0 Å². The van der Waals surface area contributed by atoms with Crippen LogP contribution < -0.4 is 10.6 Å². The van der Waals surface area contributed by atoms with Crippen LogP contribution in [-0.2, 0) is 6.42 Å². The molecule has 0 aromatic carbocycles. The molecular weight excluding hydrogens is 262 g/mol. The first-order valence-electron chi connectivity index (χ1n) is 7.47. The van der Waals surface area contributed by atoms with Gasteiger partial charge in [0.15, 0.2) is 0 Å². The molecule has 0 aliphatic carbocycles. The minimum absolute atomic E-state index is 0.431. The zero-order chi connectivity index (χ0) is 14.7. The molecule has 0 bridgehead atoms. The molecule has 1 aliphatic heterocycles. The Hall–Kier alpha value is -2.19. The summed E-state index contributed by atoms with van der Waals surface area (Å²) in [7, 11) is 0. The average molecular weight is 281 g/mol. The lowest BCUT2D eigenvalue weighted by Crippen LogP contribution is -2.38. The quantitative estimate of drug-likeness (QED) is 0.902. The van der Waals surface area contributed by atoms with Gasteiger partial charge in [0.1, 0.15) is 17.6 Å². The van der Waals surface area contributed by atoms with Crippen molar-refractivity contribution >= 4 is 16.6 Å². The number of aryl methyl sites for hydroxylation is 1. The van der Waals surface area contributed by atoms with Gasteiger partial charge < -0.3 is 10.6 Å². The van der Waals surface area contributed by atoms with Crippen molar-refractivity contribution in [3.63, 3.8) is 0 Å². The summed E-state index contributed by atoms with van der Waals surface area (Å²) in [6.45, 7) is 4.14. The van der Waals surface area contributed by atoms with Crippen LogP contribution in [0.4, 0.5) is 5.82 Å². The van der Waals surface area contributed by atoms with Crippen LogP contribution in [0.3, 0.4) is 0 Å². The van der Waals surface area contributed by atoms with E-state index in [1.54, 1.807) is 6.07 Å². The third-order valence-electron chi connectivity index (χ3n) is 3.89. The van der Waals surface area contributed by atoms with Gasteiger partial charge in [0.25, 0.3) is 0 Å². The van der Waals surface area contributed by atoms with Crippen molar-refractivity contribution in [2.75, 3.05) is 18.4 Å². The summed E-state index contributed by atoms with van der Waals surface area (Å²) < 4.78 is 0. The van der Waals surface area contributed by atoms with Gasteiger partial charge in [-0.1, -0.05) is 6.92 Å². The Morgan fingerprint density at radius 3 is 3.10 bits per heavy atom. The fourth-order valence-electron chi connectivity index (χ4n) is 2.81. The number of fused-ring (bicyclic) bond motifs is 1. The topological polar surface area (TPSA) is 73.6 Å². The first-order chi connectivity index (χ1) is 10.3. The van der Waals surface area contributed by atoms with E-state index in [0.29, 0.717) is 11.7 Å². The van der Waals surface area contributed by atoms with Crippen molar-refractivity contribution < 1.29 is 0 Å². The van der Waals surface area contributed by atoms with E-state index in [2.05, 4.69) is 39.7 Å². The van der Waals surface area contributed by atoms with Gasteiger partial charge in [-0.2, -0.15) is 5.26 Å². The SMILES string of the molecule is CCc1nc(C#N)cc2cnc(N[C@H]3CCCNC3)cc12. The molecule has 0 spiro atoms. The van der Waals surface area contributed by atoms with Crippen LogP contribution in [0.2, 0.25) is 0 Å². The predicted octanol–water partition coefficient (Wildman–Crippen LogP) is 2.23. The Balaban J connectivity index is 1.93. The van der Waals surface area contributed by atoms with E-state index in [1.807, 2.05) is 6.20 Å². The summed E-state index contributed by atoms with van der Waals surface area (Å²) in [6, 6.07) is 6.39. The number of hydrogen-bond acceptors (Lipinski definition) is 5. The van der Waals surface area contributed by atoms with Crippen LogP contribution in [-0.4, -0.2) is 29.1 Å². The molecule has 3 rings (SSSR count). The maximum atomic E-state index is 9.04. The number of anilines is 1. The monoisotopic (exact) mass is 281 g/mol. The fraction of sp³-hybridized carbons (Fsp3) is 0.438. The molecule has 0 amide bonds. The zero-order valence-electron chi connectivity index (χ0n) is 12.2. The van der Waals surface area contributed by atoms with E-state index in [0.717, 1.165) is 41.8 Å². The van der Waals surface area contributed by atoms with E-state index in [9.17, 15) is 0 Å².